The van der Waals surface area contributed by atoms with E-state index in [1.807, 2.05) is 17.0 Å². The molecule has 1 atom stereocenters. The van der Waals surface area contributed by atoms with Crippen LogP contribution in [-0.4, -0.2) is 30.1 Å². The number of aryl methyl sites for hydroxylation is 1. The molecule has 0 bridgehead atoms. The molecule has 1 aliphatic rings. The molecule has 1 aromatic heterocycles. The van der Waals surface area contributed by atoms with Crippen LogP contribution < -0.4 is 4.90 Å². The second-order valence-electron chi connectivity index (χ2n) is 8.15. The van der Waals surface area contributed by atoms with Crippen molar-refractivity contribution >= 4 is 32.6 Å². The molecule has 0 aliphatic carbocycles. The van der Waals surface area contributed by atoms with Crippen LogP contribution in [0.4, 0.5) is 5.13 Å². The summed E-state index contributed by atoms with van der Waals surface area (Å²) >= 11 is 1.60. The second kappa shape index (κ2) is 8.64. The third-order valence-corrected chi connectivity index (χ3v) is 6.52. The summed E-state index contributed by atoms with van der Waals surface area (Å²) in [5.74, 6) is 0.470. The molecule has 2 aromatic carbocycles. The quantitative estimate of drug-likeness (QED) is 0.542. The Morgan fingerprint density at radius 1 is 1.24 bits per heavy atom. The van der Waals surface area contributed by atoms with Crippen LogP contribution in [-0.2, 0) is 16.0 Å². The summed E-state index contributed by atoms with van der Waals surface area (Å²) in [6.45, 7) is 7.77. The average molecular weight is 409 g/mol. The van der Waals surface area contributed by atoms with Gasteiger partial charge in [0.2, 0.25) is 5.91 Å². The predicted octanol–water partition coefficient (Wildman–Crippen LogP) is 5.48. The zero-order chi connectivity index (χ0) is 20.4. The Hall–Kier alpha value is -2.24. The third-order valence-electron chi connectivity index (χ3n) is 5.48. The van der Waals surface area contributed by atoms with Crippen LogP contribution in [0.1, 0.15) is 49.3 Å². The molecule has 1 saturated heterocycles. The molecule has 2 heterocycles. The maximum absolute atomic E-state index is 13.3. The maximum Gasteiger partial charge on any atom is 0.233 e. The van der Waals surface area contributed by atoms with Crippen LogP contribution in [0, 0.1) is 6.92 Å². The third kappa shape index (κ3) is 4.51. The lowest BCUT2D eigenvalue weighted by atomic mass is 10.0. The summed E-state index contributed by atoms with van der Waals surface area (Å²) in [4.78, 5) is 20.1. The standard InChI is InChI=1S/C24H28N2O2S/c1-16(2)20-7-4-8-21-23(20)25-24(29-21)26(15-19-6-5-13-28-19)22(27)14-18-11-9-17(3)10-12-18/h4,7-12,16,19H,5-6,13-15H2,1-3H3. The minimum Gasteiger partial charge on any atom is -0.376 e. The van der Waals surface area contributed by atoms with E-state index in [0.717, 1.165) is 40.4 Å². The van der Waals surface area contributed by atoms with Crippen molar-refractivity contribution in [1.29, 1.82) is 0 Å². The molecule has 4 rings (SSSR count). The van der Waals surface area contributed by atoms with Gasteiger partial charge < -0.3 is 4.74 Å². The van der Waals surface area contributed by atoms with Crippen LogP contribution in [0.2, 0.25) is 0 Å². The minimum absolute atomic E-state index is 0.0782. The number of para-hydroxylation sites is 1. The monoisotopic (exact) mass is 408 g/mol. The van der Waals surface area contributed by atoms with Crippen molar-refractivity contribution in [3.63, 3.8) is 0 Å². The number of rotatable bonds is 6. The fourth-order valence-corrected chi connectivity index (χ4v) is 4.82. The van der Waals surface area contributed by atoms with Gasteiger partial charge in [0.05, 0.1) is 29.3 Å². The van der Waals surface area contributed by atoms with Gasteiger partial charge in [-0.2, -0.15) is 0 Å². The van der Waals surface area contributed by atoms with Gasteiger partial charge in [-0.15, -0.1) is 0 Å². The lowest BCUT2D eigenvalue weighted by Gasteiger charge is -2.23. The zero-order valence-electron chi connectivity index (χ0n) is 17.4. The number of thiazole rings is 1. The van der Waals surface area contributed by atoms with Crippen LogP contribution in [0.15, 0.2) is 42.5 Å². The maximum atomic E-state index is 13.3. The van der Waals surface area contributed by atoms with E-state index in [1.165, 1.54) is 11.1 Å². The summed E-state index contributed by atoms with van der Waals surface area (Å²) in [7, 11) is 0. The lowest BCUT2D eigenvalue weighted by molar-refractivity contribution is -0.118. The number of amides is 1. The van der Waals surface area contributed by atoms with Gasteiger partial charge >= 0.3 is 0 Å². The molecule has 3 aromatic rings. The number of nitrogens with zero attached hydrogens (tertiary/aromatic N) is 2. The van der Waals surface area contributed by atoms with Crippen molar-refractivity contribution in [2.45, 2.75) is 52.1 Å². The Morgan fingerprint density at radius 2 is 2.03 bits per heavy atom. The van der Waals surface area contributed by atoms with E-state index in [4.69, 9.17) is 9.72 Å². The van der Waals surface area contributed by atoms with Crippen molar-refractivity contribution in [3.8, 4) is 0 Å². The molecule has 1 fully saturated rings. The first-order valence-electron chi connectivity index (χ1n) is 10.4. The fraction of sp³-hybridized carbons (Fsp3) is 0.417. The molecule has 4 nitrogen and oxygen atoms in total. The highest BCUT2D eigenvalue weighted by atomic mass is 32.1. The molecule has 29 heavy (non-hydrogen) atoms. The first-order chi connectivity index (χ1) is 14.0. The molecule has 1 aliphatic heterocycles. The number of ether oxygens (including phenoxy) is 1. The lowest BCUT2D eigenvalue weighted by Crippen LogP contribution is -2.38. The van der Waals surface area contributed by atoms with Crippen LogP contribution in [0.25, 0.3) is 10.2 Å². The van der Waals surface area contributed by atoms with E-state index < -0.39 is 0 Å². The summed E-state index contributed by atoms with van der Waals surface area (Å²) in [5, 5.41) is 0.778. The van der Waals surface area contributed by atoms with Gasteiger partial charge in [0.15, 0.2) is 5.13 Å². The van der Waals surface area contributed by atoms with Gasteiger partial charge in [0, 0.05) is 6.61 Å². The van der Waals surface area contributed by atoms with Gasteiger partial charge in [-0.3, -0.25) is 9.69 Å². The minimum atomic E-state index is 0.0782. The second-order valence-corrected chi connectivity index (χ2v) is 9.16. The number of carbonyl (C=O) groups is 1. The van der Waals surface area contributed by atoms with Gasteiger partial charge in [-0.05, 0) is 42.9 Å². The first kappa shape index (κ1) is 20.0. The SMILES string of the molecule is Cc1ccc(CC(=O)N(CC2CCCO2)c2nc3c(C(C)C)cccc3s2)cc1. The van der Waals surface area contributed by atoms with Gasteiger partial charge in [0.1, 0.15) is 0 Å². The predicted molar refractivity (Wildman–Crippen MR) is 120 cm³/mol. The Balaban J connectivity index is 1.66. The molecule has 1 amide bonds. The van der Waals surface area contributed by atoms with Gasteiger partial charge in [-0.25, -0.2) is 4.98 Å². The molecule has 0 N–H and O–H groups in total. The smallest absolute Gasteiger partial charge is 0.233 e. The van der Waals surface area contributed by atoms with Crippen molar-refractivity contribution in [1.82, 2.24) is 4.98 Å². The molecule has 5 heteroatoms. The first-order valence-corrected chi connectivity index (χ1v) is 11.2. The molecular weight excluding hydrogens is 380 g/mol. The van der Waals surface area contributed by atoms with Gasteiger partial charge in [-0.1, -0.05) is 67.1 Å². The van der Waals surface area contributed by atoms with Crippen LogP contribution in [0.3, 0.4) is 0 Å². The molecule has 152 valence electrons. The summed E-state index contributed by atoms with van der Waals surface area (Å²) < 4.78 is 6.97. The summed E-state index contributed by atoms with van der Waals surface area (Å²) in [6.07, 6.45) is 2.52. The van der Waals surface area contributed by atoms with E-state index in [1.54, 1.807) is 11.3 Å². The van der Waals surface area contributed by atoms with Crippen molar-refractivity contribution < 1.29 is 9.53 Å². The topological polar surface area (TPSA) is 42.4 Å². The van der Waals surface area contributed by atoms with E-state index in [9.17, 15) is 4.79 Å². The molecule has 0 spiro atoms. The van der Waals surface area contributed by atoms with E-state index >= 15 is 0 Å². The van der Waals surface area contributed by atoms with E-state index in [0.29, 0.717) is 18.9 Å². The normalized spacial score (nSPS) is 16.6. The largest absolute Gasteiger partial charge is 0.376 e. The Kier molecular flexibility index (Phi) is 5.97. The highest BCUT2D eigenvalue weighted by molar-refractivity contribution is 7.22. The molecule has 1 unspecified atom stereocenters. The zero-order valence-corrected chi connectivity index (χ0v) is 18.2. The number of aromatic nitrogens is 1. The molecular formula is C24H28N2O2S. The highest BCUT2D eigenvalue weighted by Crippen LogP contribution is 2.34. The number of hydrogen-bond acceptors (Lipinski definition) is 4. The van der Waals surface area contributed by atoms with Crippen LogP contribution >= 0.6 is 11.3 Å². The number of benzene rings is 2. The highest BCUT2D eigenvalue weighted by Gasteiger charge is 2.26. The number of hydrogen-bond donors (Lipinski definition) is 0. The Labute approximate surface area is 176 Å². The van der Waals surface area contributed by atoms with Crippen molar-refractivity contribution in [2.24, 2.45) is 0 Å². The van der Waals surface area contributed by atoms with Gasteiger partial charge in [0.25, 0.3) is 0 Å². The van der Waals surface area contributed by atoms with Crippen molar-refractivity contribution in [3.05, 3.63) is 59.2 Å². The Bertz CT molecular complexity index is 988. The molecule has 0 saturated carbocycles. The van der Waals surface area contributed by atoms with E-state index in [-0.39, 0.29) is 12.0 Å². The Morgan fingerprint density at radius 3 is 2.72 bits per heavy atom. The number of anilines is 1. The summed E-state index contributed by atoms with van der Waals surface area (Å²) in [6, 6.07) is 14.5. The van der Waals surface area contributed by atoms with Crippen LogP contribution in [0.5, 0.6) is 0 Å². The average Bonchev–Trinajstić information content (AvgIpc) is 3.36. The summed E-state index contributed by atoms with van der Waals surface area (Å²) in [5.41, 5.74) is 4.47. The van der Waals surface area contributed by atoms with Crippen molar-refractivity contribution in [2.75, 3.05) is 18.1 Å². The number of carbonyl (C=O) groups excluding carboxylic acids is 1. The number of fused-ring (bicyclic) bond motifs is 1. The van der Waals surface area contributed by atoms with E-state index in [2.05, 4.69) is 51.1 Å². The molecule has 0 radical (unpaired) electrons. The fourth-order valence-electron chi connectivity index (χ4n) is 3.79.